The summed E-state index contributed by atoms with van der Waals surface area (Å²) in [5.74, 6) is 0.972. The maximum Gasteiger partial charge on any atom is 0.146 e. The molecule has 0 amide bonds. The van der Waals surface area contributed by atoms with Gasteiger partial charge in [0.25, 0.3) is 0 Å². The van der Waals surface area contributed by atoms with Gasteiger partial charge in [-0.1, -0.05) is 6.07 Å². The lowest BCUT2D eigenvalue weighted by atomic mass is 10.1. The molecule has 1 atom stereocenters. The molecule has 0 N–H and O–H groups in total. The van der Waals surface area contributed by atoms with E-state index < -0.39 is 0 Å². The molecule has 2 aliphatic rings. The monoisotopic (exact) mass is 394 g/mol. The van der Waals surface area contributed by atoms with Gasteiger partial charge >= 0.3 is 0 Å². The molecule has 29 heavy (non-hydrogen) atoms. The summed E-state index contributed by atoms with van der Waals surface area (Å²) in [7, 11) is 2.17. The fourth-order valence-corrected chi connectivity index (χ4v) is 4.65. The van der Waals surface area contributed by atoms with E-state index in [0.29, 0.717) is 12.2 Å². The fraction of sp³-hybridized carbons (Fsp3) is 0.455. The predicted molar refractivity (Wildman–Crippen MR) is 111 cm³/mol. The molecule has 5 rings (SSSR count). The van der Waals surface area contributed by atoms with Crippen LogP contribution in [0.5, 0.6) is 0 Å². The Morgan fingerprint density at radius 3 is 2.76 bits per heavy atom. The highest BCUT2D eigenvalue weighted by molar-refractivity contribution is 5.57. The molecule has 6 nitrogen and oxygen atoms in total. The molecule has 0 spiro atoms. The van der Waals surface area contributed by atoms with Gasteiger partial charge in [-0.15, -0.1) is 0 Å². The van der Waals surface area contributed by atoms with Crippen molar-refractivity contribution in [3.05, 3.63) is 59.9 Å². The number of anilines is 1. The third kappa shape index (κ3) is 3.49. The Morgan fingerprint density at radius 1 is 1.07 bits per heavy atom. The number of pyridine rings is 2. The van der Waals surface area contributed by atoms with Gasteiger partial charge in [-0.25, -0.2) is 9.37 Å². The van der Waals surface area contributed by atoms with Gasteiger partial charge in [0.05, 0.1) is 17.4 Å². The van der Waals surface area contributed by atoms with Gasteiger partial charge < -0.3 is 9.80 Å². The summed E-state index contributed by atoms with van der Waals surface area (Å²) in [6.45, 7) is 5.73. The van der Waals surface area contributed by atoms with Crippen molar-refractivity contribution < 1.29 is 4.39 Å². The highest BCUT2D eigenvalue weighted by atomic mass is 19.1. The minimum absolute atomic E-state index is 0.0151. The van der Waals surface area contributed by atoms with E-state index in [1.807, 2.05) is 6.07 Å². The second-order valence-corrected chi connectivity index (χ2v) is 8.10. The third-order valence-electron chi connectivity index (χ3n) is 6.20. The Balaban J connectivity index is 1.48. The Bertz CT molecular complexity index is 994. The van der Waals surface area contributed by atoms with E-state index in [1.54, 1.807) is 12.3 Å². The van der Waals surface area contributed by atoms with Crippen molar-refractivity contribution in [1.82, 2.24) is 24.2 Å². The van der Waals surface area contributed by atoms with Crippen LogP contribution in [0.15, 0.2) is 42.7 Å². The van der Waals surface area contributed by atoms with Crippen LogP contribution < -0.4 is 4.90 Å². The van der Waals surface area contributed by atoms with Gasteiger partial charge in [0.15, 0.2) is 0 Å². The van der Waals surface area contributed by atoms with Crippen molar-refractivity contribution in [1.29, 1.82) is 0 Å². The normalized spacial score (nSPS) is 21.3. The first-order valence-corrected chi connectivity index (χ1v) is 10.4. The molecular formula is C22H27FN6. The number of rotatable bonds is 4. The van der Waals surface area contributed by atoms with E-state index in [2.05, 4.69) is 49.5 Å². The zero-order chi connectivity index (χ0) is 19.8. The molecule has 152 valence electrons. The number of halogens is 1. The Labute approximate surface area is 170 Å². The molecule has 0 aromatic carbocycles. The van der Waals surface area contributed by atoms with Crippen LogP contribution in [0.25, 0.3) is 5.65 Å². The van der Waals surface area contributed by atoms with Crippen LogP contribution in [0.3, 0.4) is 0 Å². The van der Waals surface area contributed by atoms with Gasteiger partial charge in [0.1, 0.15) is 17.3 Å². The highest BCUT2D eigenvalue weighted by Crippen LogP contribution is 2.35. The quantitative estimate of drug-likeness (QED) is 0.680. The number of hydrogen-bond donors (Lipinski definition) is 0. The maximum absolute atomic E-state index is 14.4. The molecule has 0 bridgehead atoms. The number of hydrogen-bond acceptors (Lipinski definition) is 5. The molecule has 0 radical (unpaired) electrons. The van der Waals surface area contributed by atoms with Crippen molar-refractivity contribution in [2.75, 3.05) is 44.7 Å². The first-order valence-electron chi connectivity index (χ1n) is 10.4. The minimum atomic E-state index is -0.210. The van der Waals surface area contributed by atoms with Crippen molar-refractivity contribution in [3.8, 4) is 0 Å². The van der Waals surface area contributed by atoms with Crippen LogP contribution in [0.1, 0.15) is 30.3 Å². The first kappa shape index (κ1) is 18.5. The van der Waals surface area contributed by atoms with Crippen molar-refractivity contribution >= 4 is 11.5 Å². The van der Waals surface area contributed by atoms with Crippen molar-refractivity contribution in [3.63, 3.8) is 0 Å². The summed E-state index contributed by atoms with van der Waals surface area (Å²) in [4.78, 5) is 16.5. The zero-order valence-electron chi connectivity index (χ0n) is 16.8. The standard InChI is InChI=1S/C22H27FN6/c1-26-12-14-27(15-13-26)22-18(25-20-8-2-3-11-29(20)22)16-28-10-5-7-19(28)21-17(23)6-4-9-24-21/h2-4,6,8-9,11,19H,5,7,10,12-16H2,1H3. The smallest absolute Gasteiger partial charge is 0.146 e. The maximum atomic E-state index is 14.4. The number of aromatic nitrogens is 3. The second-order valence-electron chi connectivity index (χ2n) is 8.10. The summed E-state index contributed by atoms with van der Waals surface area (Å²) >= 11 is 0. The van der Waals surface area contributed by atoms with Gasteiger partial charge in [0, 0.05) is 45.1 Å². The molecule has 0 saturated carbocycles. The Morgan fingerprint density at radius 2 is 1.93 bits per heavy atom. The van der Waals surface area contributed by atoms with Crippen LogP contribution in [-0.4, -0.2) is 63.9 Å². The Kier molecular flexibility index (Phi) is 4.93. The zero-order valence-corrected chi connectivity index (χ0v) is 16.8. The van der Waals surface area contributed by atoms with Gasteiger partial charge in [-0.3, -0.25) is 14.3 Å². The largest absolute Gasteiger partial charge is 0.354 e. The Hall–Kier alpha value is -2.51. The molecule has 7 heteroatoms. The van der Waals surface area contributed by atoms with Crippen molar-refractivity contribution in [2.45, 2.75) is 25.4 Å². The molecule has 1 unspecified atom stereocenters. The van der Waals surface area contributed by atoms with Gasteiger partial charge in [0.2, 0.25) is 0 Å². The van der Waals surface area contributed by atoms with Crippen LogP contribution in [0.2, 0.25) is 0 Å². The van der Waals surface area contributed by atoms with E-state index in [1.165, 1.54) is 11.9 Å². The summed E-state index contributed by atoms with van der Waals surface area (Å²) < 4.78 is 16.6. The number of fused-ring (bicyclic) bond motifs is 1. The average Bonchev–Trinajstić information content (AvgIpc) is 3.33. The van der Waals surface area contributed by atoms with Gasteiger partial charge in [-0.2, -0.15) is 0 Å². The number of likely N-dealkylation sites (N-methyl/N-ethyl adjacent to an activating group) is 1. The van der Waals surface area contributed by atoms with Crippen molar-refractivity contribution in [2.24, 2.45) is 0 Å². The molecule has 0 aliphatic carbocycles. The number of imidazole rings is 1. The summed E-state index contributed by atoms with van der Waals surface area (Å²) in [6, 6.07) is 9.33. The van der Waals surface area contributed by atoms with E-state index in [-0.39, 0.29) is 11.9 Å². The minimum Gasteiger partial charge on any atom is -0.354 e. The molecule has 2 aliphatic heterocycles. The number of likely N-dealkylation sites (tertiary alicyclic amines) is 1. The second kappa shape index (κ2) is 7.72. The molecular weight excluding hydrogens is 367 g/mol. The molecule has 2 fully saturated rings. The summed E-state index contributed by atoms with van der Waals surface area (Å²) in [5, 5.41) is 0. The summed E-state index contributed by atoms with van der Waals surface area (Å²) in [6.07, 6.45) is 5.78. The lowest BCUT2D eigenvalue weighted by Gasteiger charge is -2.34. The lowest BCUT2D eigenvalue weighted by Crippen LogP contribution is -2.45. The first-order chi connectivity index (χ1) is 14.2. The molecule has 3 aromatic rings. The lowest BCUT2D eigenvalue weighted by molar-refractivity contribution is 0.236. The molecule has 5 heterocycles. The third-order valence-corrected chi connectivity index (χ3v) is 6.20. The highest BCUT2D eigenvalue weighted by Gasteiger charge is 2.31. The fourth-order valence-electron chi connectivity index (χ4n) is 4.65. The topological polar surface area (TPSA) is 39.9 Å². The van der Waals surface area contributed by atoms with Crippen LogP contribution in [0.4, 0.5) is 10.2 Å². The molecule has 2 saturated heterocycles. The van der Waals surface area contributed by atoms with E-state index in [0.717, 1.165) is 56.9 Å². The van der Waals surface area contributed by atoms with Crippen LogP contribution in [-0.2, 0) is 6.54 Å². The SMILES string of the molecule is CN1CCN(c2c(CN3CCCC3c3ncccc3F)nc3ccccn23)CC1. The molecule has 3 aromatic heterocycles. The van der Waals surface area contributed by atoms with Crippen LogP contribution >= 0.6 is 0 Å². The summed E-state index contributed by atoms with van der Waals surface area (Å²) in [5.41, 5.74) is 2.61. The van der Waals surface area contributed by atoms with E-state index in [9.17, 15) is 4.39 Å². The average molecular weight is 394 g/mol. The number of piperazine rings is 1. The predicted octanol–water partition coefficient (Wildman–Crippen LogP) is 2.96. The van der Waals surface area contributed by atoms with E-state index >= 15 is 0 Å². The van der Waals surface area contributed by atoms with Crippen LogP contribution in [0, 0.1) is 5.82 Å². The van der Waals surface area contributed by atoms with Gasteiger partial charge in [-0.05, 0) is 50.7 Å². The van der Waals surface area contributed by atoms with E-state index in [4.69, 9.17) is 4.98 Å². The number of nitrogens with zero attached hydrogens (tertiary/aromatic N) is 6.